The molecule has 0 bridgehead atoms. The Bertz CT molecular complexity index is 127. The summed E-state index contributed by atoms with van der Waals surface area (Å²) in [7, 11) is 0. The lowest BCUT2D eigenvalue weighted by atomic mass is 9.77. The van der Waals surface area contributed by atoms with E-state index < -0.39 is 0 Å². The molecule has 0 heteroatoms. The van der Waals surface area contributed by atoms with E-state index in [0.717, 1.165) is 5.92 Å². The van der Waals surface area contributed by atoms with Gasteiger partial charge in [0.2, 0.25) is 0 Å². The molecule has 0 amide bonds. The van der Waals surface area contributed by atoms with Crippen LogP contribution in [0.5, 0.6) is 0 Å². The standard InChI is InChI=1S/C12H22/c1-2-3-4-5-10-8-11-6-7-12(11)9-10/h10-12H,2-9H2,1H3. The van der Waals surface area contributed by atoms with Crippen molar-refractivity contribution in [1.29, 1.82) is 0 Å². The average Bonchev–Trinajstić information content (AvgIpc) is 2.31. The monoisotopic (exact) mass is 166 g/mol. The van der Waals surface area contributed by atoms with Gasteiger partial charge in [-0.3, -0.25) is 0 Å². The summed E-state index contributed by atoms with van der Waals surface area (Å²) in [6, 6.07) is 0. The molecule has 2 aliphatic rings. The highest BCUT2D eigenvalue weighted by molar-refractivity contribution is 4.90. The molecule has 0 N–H and O–H groups in total. The molecule has 70 valence electrons. The van der Waals surface area contributed by atoms with E-state index >= 15 is 0 Å². The van der Waals surface area contributed by atoms with Crippen LogP contribution in [-0.2, 0) is 0 Å². The fourth-order valence-corrected chi connectivity index (χ4v) is 3.13. The summed E-state index contributed by atoms with van der Waals surface area (Å²) in [6.07, 6.45) is 12.2. The van der Waals surface area contributed by atoms with Crippen LogP contribution in [0, 0.1) is 17.8 Å². The zero-order valence-electron chi connectivity index (χ0n) is 8.39. The summed E-state index contributed by atoms with van der Waals surface area (Å²) in [5.74, 6) is 3.49. The molecule has 2 aliphatic carbocycles. The van der Waals surface area contributed by atoms with Crippen molar-refractivity contribution in [3.63, 3.8) is 0 Å². The van der Waals surface area contributed by atoms with Crippen molar-refractivity contribution >= 4 is 0 Å². The van der Waals surface area contributed by atoms with Crippen LogP contribution in [0.1, 0.15) is 58.3 Å². The Kier molecular flexibility index (Phi) is 2.73. The van der Waals surface area contributed by atoms with E-state index in [0.29, 0.717) is 0 Å². The van der Waals surface area contributed by atoms with Crippen molar-refractivity contribution in [2.75, 3.05) is 0 Å². The van der Waals surface area contributed by atoms with Gasteiger partial charge in [0.05, 0.1) is 0 Å². The lowest BCUT2D eigenvalue weighted by Crippen LogP contribution is -2.18. The third-order valence-corrected chi connectivity index (χ3v) is 4.06. The SMILES string of the molecule is CCCCCC1CC2CCC2C1. The van der Waals surface area contributed by atoms with Gasteiger partial charge in [-0.05, 0) is 43.4 Å². The summed E-state index contributed by atoms with van der Waals surface area (Å²) in [4.78, 5) is 0. The lowest BCUT2D eigenvalue weighted by molar-refractivity contribution is 0.219. The Labute approximate surface area is 76.7 Å². The number of unbranched alkanes of at least 4 members (excludes halogenated alkanes) is 2. The smallest absolute Gasteiger partial charge is 0.0383 e. The van der Waals surface area contributed by atoms with E-state index in [4.69, 9.17) is 0 Å². The molecule has 2 rings (SSSR count). The third kappa shape index (κ3) is 1.67. The molecule has 2 fully saturated rings. The normalized spacial score (nSPS) is 39.2. The van der Waals surface area contributed by atoms with E-state index in [-0.39, 0.29) is 0 Å². The zero-order chi connectivity index (χ0) is 8.39. The van der Waals surface area contributed by atoms with Gasteiger partial charge in [0.1, 0.15) is 0 Å². The van der Waals surface area contributed by atoms with Crippen LogP contribution >= 0.6 is 0 Å². The Balaban J connectivity index is 1.63. The van der Waals surface area contributed by atoms with Crippen LogP contribution in [0.2, 0.25) is 0 Å². The van der Waals surface area contributed by atoms with E-state index in [1.165, 1.54) is 31.1 Å². The second-order valence-corrected chi connectivity index (χ2v) is 4.93. The van der Waals surface area contributed by atoms with E-state index in [2.05, 4.69) is 6.92 Å². The van der Waals surface area contributed by atoms with Gasteiger partial charge in [0, 0.05) is 0 Å². The molecule has 0 heterocycles. The van der Waals surface area contributed by atoms with Gasteiger partial charge in [-0.2, -0.15) is 0 Å². The van der Waals surface area contributed by atoms with Gasteiger partial charge in [-0.25, -0.2) is 0 Å². The summed E-state index contributed by atoms with van der Waals surface area (Å²) in [5.41, 5.74) is 0. The van der Waals surface area contributed by atoms with Gasteiger partial charge in [0.25, 0.3) is 0 Å². The van der Waals surface area contributed by atoms with Crippen molar-refractivity contribution in [3.8, 4) is 0 Å². The number of fused-ring (bicyclic) bond motifs is 1. The minimum absolute atomic E-state index is 1.13. The second-order valence-electron chi connectivity index (χ2n) is 4.93. The van der Waals surface area contributed by atoms with Crippen molar-refractivity contribution in [2.45, 2.75) is 58.3 Å². The molecule has 2 saturated carbocycles. The summed E-state index contributed by atoms with van der Waals surface area (Å²) in [6.45, 7) is 2.30. The molecular formula is C12H22. The fourth-order valence-electron chi connectivity index (χ4n) is 3.13. The van der Waals surface area contributed by atoms with Gasteiger partial charge in [-0.1, -0.05) is 32.6 Å². The quantitative estimate of drug-likeness (QED) is 0.554. The molecule has 12 heavy (non-hydrogen) atoms. The summed E-state index contributed by atoms with van der Waals surface area (Å²) >= 11 is 0. The van der Waals surface area contributed by atoms with Crippen LogP contribution in [0.25, 0.3) is 0 Å². The van der Waals surface area contributed by atoms with Crippen LogP contribution in [0.3, 0.4) is 0 Å². The Morgan fingerprint density at radius 2 is 1.67 bits per heavy atom. The van der Waals surface area contributed by atoms with E-state index in [1.54, 1.807) is 32.1 Å². The number of hydrogen-bond acceptors (Lipinski definition) is 0. The van der Waals surface area contributed by atoms with Crippen molar-refractivity contribution < 1.29 is 0 Å². The number of hydrogen-bond donors (Lipinski definition) is 0. The highest BCUT2D eigenvalue weighted by Gasteiger charge is 2.39. The Morgan fingerprint density at radius 1 is 1.00 bits per heavy atom. The van der Waals surface area contributed by atoms with Crippen LogP contribution in [0.15, 0.2) is 0 Å². The zero-order valence-corrected chi connectivity index (χ0v) is 8.39. The summed E-state index contributed by atoms with van der Waals surface area (Å²) < 4.78 is 0. The van der Waals surface area contributed by atoms with Gasteiger partial charge in [-0.15, -0.1) is 0 Å². The topological polar surface area (TPSA) is 0 Å². The van der Waals surface area contributed by atoms with Crippen molar-refractivity contribution in [2.24, 2.45) is 17.8 Å². The van der Waals surface area contributed by atoms with E-state index in [1.807, 2.05) is 0 Å². The van der Waals surface area contributed by atoms with Gasteiger partial charge < -0.3 is 0 Å². The minimum Gasteiger partial charge on any atom is -0.0654 e. The van der Waals surface area contributed by atoms with Crippen molar-refractivity contribution in [1.82, 2.24) is 0 Å². The third-order valence-electron chi connectivity index (χ3n) is 4.06. The molecule has 0 nitrogen and oxygen atoms in total. The molecule has 2 atom stereocenters. The maximum absolute atomic E-state index is 2.30. The first-order valence-electron chi connectivity index (χ1n) is 5.90. The molecule has 0 aromatic rings. The molecular weight excluding hydrogens is 144 g/mol. The fraction of sp³-hybridized carbons (Fsp3) is 1.00. The van der Waals surface area contributed by atoms with Crippen LogP contribution < -0.4 is 0 Å². The molecule has 2 unspecified atom stereocenters. The summed E-state index contributed by atoms with van der Waals surface area (Å²) in [5, 5.41) is 0. The van der Waals surface area contributed by atoms with Gasteiger partial charge in [0.15, 0.2) is 0 Å². The molecule has 0 saturated heterocycles. The van der Waals surface area contributed by atoms with Crippen LogP contribution in [0.4, 0.5) is 0 Å². The first-order chi connectivity index (χ1) is 5.90. The Morgan fingerprint density at radius 3 is 2.17 bits per heavy atom. The van der Waals surface area contributed by atoms with Crippen LogP contribution in [-0.4, -0.2) is 0 Å². The van der Waals surface area contributed by atoms with Gasteiger partial charge >= 0.3 is 0 Å². The Hall–Kier alpha value is 0. The van der Waals surface area contributed by atoms with Crippen molar-refractivity contribution in [3.05, 3.63) is 0 Å². The maximum Gasteiger partial charge on any atom is -0.0383 e. The average molecular weight is 166 g/mol. The predicted octanol–water partition coefficient (Wildman–Crippen LogP) is 4.00. The molecule has 0 aromatic carbocycles. The minimum atomic E-state index is 1.13. The first kappa shape index (κ1) is 8.59. The van der Waals surface area contributed by atoms with E-state index in [9.17, 15) is 0 Å². The number of rotatable bonds is 4. The first-order valence-corrected chi connectivity index (χ1v) is 5.90. The highest BCUT2D eigenvalue weighted by Crippen LogP contribution is 2.50. The largest absolute Gasteiger partial charge is 0.0654 e. The second kappa shape index (κ2) is 3.81. The molecule has 0 aromatic heterocycles. The molecule has 0 radical (unpaired) electrons. The lowest BCUT2D eigenvalue weighted by Gasteiger charge is -2.29. The maximum atomic E-state index is 2.30. The highest BCUT2D eigenvalue weighted by atomic mass is 14.4. The molecule has 0 spiro atoms. The predicted molar refractivity (Wildman–Crippen MR) is 53.1 cm³/mol. The molecule has 0 aliphatic heterocycles.